The molecule has 2 aromatic heterocycles. The van der Waals surface area contributed by atoms with Gasteiger partial charge in [0.2, 0.25) is 0 Å². The van der Waals surface area contributed by atoms with Crippen molar-refractivity contribution >= 4 is 22.6 Å². The van der Waals surface area contributed by atoms with Gasteiger partial charge in [0, 0.05) is 35.9 Å². The Kier molecular flexibility index (Phi) is 3.87. The maximum Gasteiger partial charge on any atom is 0.322 e. The van der Waals surface area contributed by atoms with E-state index in [2.05, 4.69) is 15.4 Å². The number of amides is 2. The van der Waals surface area contributed by atoms with Gasteiger partial charge in [0.25, 0.3) is 0 Å². The van der Waals surface area contributed by atoms with Crippen LogP contribution in [-0.4, -0.2) is 31.7 Å². The largest absolute Gasteiger partial charge is 0.322 e. The van der Waals surface area contributed by atoms with Crippen LogP contribution in [-0.2, 0) is 13.6 Å². The molecule has 2 heterocycles. The maximum absolute atomic E-state index is 12.9. The van der Waals surface area contributed by atoms with E-state index in [1.54, 1.807) is 4.68 Å². The van der Waals surface area contributed by atoms with E-state index in [4.69, 9.17) is 0 Å². The molecule has 0 aliphatic heterocycles. The Morgan fingerprint density at radius 3 is 2.88 bits per heavy atom. The highest BCUT2D eigenvalue weighted by Gasteiger charge is 2.33. The zero-order chi connectivity index (χ0) is 17.4. The molecule has 1 saturated carbocycles. The number of anilines is 1. The van der Waals surface area contributed by atoms with Crippen molar-refractivity contribution in [3.63, 3.8) is 0 Å². The summed E-state index contributed by atoms with van der Waals surface area (Å²) in [4.78, 5) is 19.4. The van der Waals surface area contributed by atoms with Crippen molar-refractivity contribution in [3.05, 3.63) is 54.0 Å². The number of nitrogens with one attached hydrogen (secondary N) is 1. The second-order valence-corrected chi connectivity index (χ2v) is 6.64. The van der Waals surface area contributed by atoms with Crippen molar-refractivity contribution in [2.45, 2.75) is 32.4 Å². The number of hydrogen-bond acceptors (Lipinski definition) is 3. The lowest BCUT2D eigenvalue weighted by Crippen LogP contribution is -2.36. The topological polar surface area (TPSA) is 63.1 Å². The fourth-order valence-electron chi connectivity index (χ4n) is 3.04. The molecule has 0 bridgehead atoms. The third kappa shape index (κ3) is 3.33. The fraction of sp³-hybridized carbons (Fsp3) is 0.316. The molecule has 6 nitrogen and oxygen atoms in total. The van der Waals surface area contributed by atoms with Crippen LogP contribution < -0.4 is 5.32 Å². The summed E-state index contributed by atoms with van der Waals surface area (Å²) in [5.74, 6) is 0. The molecule has 128 valence electrons. The molecule has 0 atom stereocenters. The Labute approximate surface area is 146 Å². The number of urea groups is 1. The van der Waals surface area contributed by atoms with Gasteiger partial charge in [-0.3, -0.25) is 9.67 Å². The summed E-state index contributed by atoms with van der Waals surface area (Å²) < 4.78 is 1.76. The predicted molar refractivity (Wildman–Crippen MR) is 97.3 cm³/mol. The van der Waals surface area contributed by atoms with E-state index < -0.39 is 0 Å². The minimum absolute atomic E-state index is 0.0813. The number of rotatable bonds is 4. The Bertz CT molecular complexity index is 928. The first-order valence-electron chi connectivity index (χ1n) is 8.52. The molecule has 1 fully saturated rings. The molecule has 1 N–H and O–H groups in total. The Morgan fingerprint density at radius 1 is 1.32 bits per heavy atom. The van der Waals surface area contributed by atoms with E-state index in [1.807, 2.05) is 61.6 Å². The first-order chi connectivity index (χ1) is 12.1. The summed E-state index contributed by atoms with van der Waals surface area (Å²) >= 11 is 0. The van der Waals surface area contributed by atoms with Crippen LogP contribution in [0, 0.1) is 6.92 Å². The lowest BCUT2D eigenvalue weighted by molar-refractivity contribution is 0.206. The highest BCUT2D eigenvalue weighted by Crippen LogP contribution is 2.30. The van der Waals surface area contributed by atoms with E-state index in [1.165, 1.54) is 0 Å². The summed E-state index contributed by atoms with van der Waals surface area (Å²) in [5.41, 5.74) is 3.55. The van der Waals surface area contributed by atoms with Gasteiger partial charge in [-0.2, -0.15) is 5.10 Å². The molecule has 0 saturated heterocycles. The molecule has 1 aliphatic carbocycles. The Hall–Kier alpha value is -2.89. The van der Waals surface area contributed by atoms with Gasteiger partial charge >= 0.3 is 6.03 Å². The van der Waals surface area contributed by atoms with Crippen LogP contribution in [0.25, 0.3) is 10.9 Å². The lowest BCUT2D eigenvalue weighted by atomic mass is 10.2. The number of fused-ring (bicyclic) bond motifs is 1. The summed E-state index contributed by atoms with van der Waals surface area (Å²) in [5, 5.41) is 8.27. The predicted octanol–water partition coefficient (Wildman–Crippen LogP) is 3.47. The second-order valence-electron chi connectivity index (χ2n) is 6.64. The third-order valence-electron chi connectivity index (χ3n) is 4.46. The average Bonchev–Trinajstić information content (AvgIpc) is 3.35. The fourth-order valence-corrected chi connectivity index (χ4v) is 3.04. The van der Waals surface area contributed by atoms with E-state index in [-0.39, 0.29) is 6.03 Å². The number of hydrogen-bond donors (Lipinski definition) is 1. The number of aromatic nitrogens is 3. The van der Waals surface area contributed by atoms with E-state index >= 15 is 0 Å². The molecular formula is C19H21N5O. The van der Waals surface area contributed by atoms with E-state index in [9.17, 15) is 4.79 Å². The number of aryl methyl sites for hydroxylation is 2. The van der Waals surface area contributed by atoms with Crippen molar-refractivity contribution in [2.24, 2.45) is 7.05 Å². The Morgan fingerprint density at radius 2 is 2.16 bits per heavy atom. The van der Waals surface area contributed by atoms with Crippen LogP contribution in [0.5, 0.6) is 0 Å². The summed E-state index contributed by atoms with van der Waals surface area (Å²) in [7, 11) is 1.88. The van der Waals surface area contributed by atoms with Crippen molar-refractivity contribution in [1.82, 2.24) is 19.7 Å². The molecule has 25 heavy (non-hydrogen) atoms. The van der Waals surface area contributed by atoms with E-state index in [0.29, 0.717) is 12.6 Å². The number of benzene rings is 1. The van der Waals surface area contributed by atoms with Crippen LogP contribution >= 0.6 is 0 Å². The number of nitrogens with zero attached hydrogens (tertiary/aromatic N) is 4. The van der Waals surface area contributed by atoms with Crippen molar-refractivity contribution in [1.29, 1.82) is 0 Å². The molecule has 3 aromatic rings. The number of carbonyl (C=O) groups excluding carboxylic acids is 1. The lowest BCUT2D eigenvalue weighted by Gasteiger charge is -2.22. The maximum atomic E-state index is 12.9. The number of carbonyl (C=O) groups is 1. The van der Waals surface area contributed by atoms with Gasteiger partial charge in [-0.15, -0.1) is 0 Å². The summed E-state index contributed by atoms with van der Waals surface area (Å²) in [6, 6.07) is 10.1. The van der Waals surface area contributed by atoms with Crippen molar-refractivity contribution in [3.8, 4) is 0 Å². The zero-order valence-corrected chi connectivity index (χ0v) is 14.4. The van der Waals surface area contributed by atoms with Gasteiger partial charge in [0.15, 0.2) is 0 Å². The quantitative estimate of drug-likeness (QED) is 0.794. The molecule has 2 amide bonds. The average molecular weight is 335 g/mol. The van der Waals surface area contributed by atoms with Crippen LogP contribution in [0.4, 0.5) is 10.5 Å². The van der Waals surface area contributed by atoms with Gasteiger partial charge in [0.1, 0.15) is 0 Å². The minimum atomic E-state index is -0.0813. The molecule has 0 unspecified atom stereocenters. The highest BCUT2D eigenvalue weighted by atomic mass is 16.2. The van der Waals surface area contributed by atoms with Gasteiger partial charge in [-0.05, 0) is 31.9 Å². The second kappa shape index (κ2) is 6.20. The highest BCUT2D eigenvalue weighted by molar-refractivity contribution is 5.99. The van der Waals surface area contributed by atoms with Crippen LogP contribution in [0.2, 0.25) is 0 Å². The van der Waals surface area contributed by atoms with E-state index in [0.717, 1.165) is 40.7 Å². The molecule has 4 rings (SSSR count). The third-order valence-corrected chi connectivity index (χ3v) is 4.46. The number of para-hydroxylation sites is 1. The van der Waals surface area contributed by atoms with Crippen LogP contribution in [0.1, 0.15) is 24.1 Å². The van der Waals surface area contributed by atoms with Crippen molar-refractivity contribution < 1.29 is 4.79 Å². The summed E-state index contributed by atoms with van der Waals surface area (Å²) in [6.07, 6.45) is 5.87. The smallest absolute Gasteiger partial charge is 0.317 e. The molecule has 0 radical (unpaired) electrons. The Balaban J connectivity index is 1.58. The minimum Gasteiger partial charge on any atom is -0.317 e. The van der Waals surface area contributed by atoms with Gasteiger partial charge in [0.05, 0.1) is 23.9 Å². The summed E-state index contributed by atoms with van der Waals surface area (Å²) in [6.45, 7) is 2.53. The van der Waals surface area contributed by atoms with Crippen molar-refractivity contribution in [2.75, 3.05) is 5.32 Å². The van der Waals surface area contributed by atoms with Crippen LogP contribution in [0.15, 0.2) is 42.7 Å². The molecule has 0 spiro atoms. The van der Waals surface area contributed by atoms with Gasteiger partial charge in [-0.25, -0.2) is 4.79 Å². The molecule has 1 aromatic carbocycles. The van der Waals surface area contributed by atoms with Gasteiger partial charge in [-0.1, -0.05) is 18.2 Å². The molecule has 1 aliphatic rings. The SMILES string of the molecule is Cc1ccc2cccc(NC(=O)N(Cc3cnn(C)c3)C3CC3)c2n1. The zero-order valence-electron chi connectivity index (χ0n) is 14.4. The first kappa shape index (κ1) is 15.6. The normalized spacial score (nSPS) is 13.8. The molecular weight excluding hydrogens is 314 g/mol. The van der Waals surface area contributed by atoms with Gasteiger partial charge < -0.3 is 10.2 Å². The van der Waals surface area contributed by atoms with Crippen LogP contribution in [0.3, 0.4) is 0 Å². The monoisotopic (exact) mass is 335 g/mol. The number of pyridine rings is 1. The standard InChI is InChI=1S/C19H21N5O/c1-13-6-7-15-4-3-5-17(18(15)21-13)22-19(25)24(16-8-9-16)12-14-10-20-23(2)11-14/h3-7,10-11,16H,8-9,12H2,1-2H3,(H,22,25). The molecule has 6 heteroatoms. The first-order valence-corrected chi connectivity index (χ1v) is 8.52.